The van der Waals surface area contributed by atoms with E-state index >= 15 is 0 Å². The predicted molar refractivity (Wildman–Crippen MR) is 303 cm³/mol. The summed E-state index contributed by atoms with van der Waals surface area (Å²) in [6.07, 6.45) is 0. The van der Waals surface area contributed by atoms with Crippen LogP contribution in [0.1, 0.15) is 43.0 Å². The van der Waals surface area contributed by atoms with E-state index in [-0.39, 0.29) is 45.1 Å². The van der Waals surface area contributed by atoms with Crippen molar-refractivity contribution >= 4 is 115 Å². The number of hydrazone groups is 1. The summed E-state index contributed by atoms with van der Waals surface area (Å²) in [5.74, 6) is 0.430. The van der Waals surface area contributed by atoms with Crippen molar-refractivity contribution in [3.05, 3.63) is 174 Å². The lowest BCUT2D eigenvalue weighted by Gasteiger charge is -2.15. The molecule has 0 saturated heterocycles. The summed E-state index contributed by atoms with van der Waals surface area (Å²) >= 11 is 16.5. The molecule has 0 radical (unpaired) electrons. The number of methoxy groups -OCH3 is 1. The van der Waals surface area contributed by atoms with Crippen LogP contribution in [0.4, 0.5) is 17.1 Å². The third-order valence-corrected chi connectivity index (χ3v) is 13.7. The van der Waals surface area contributed by atoms with Crippen LogP contribution in [0.25, 0.3) is 10.8 Å². The highest BCUT2D eigenvalue weighted by atomic mass is 127. The molecule has 1 atom stereocenters. The van der Waals surface area contributed by atoms with Crippen molar-refractivity contribution in [1.29, 1.82) is 0 Å². The lowest BCUT2D eigenvalue weighted by atomic mass is 10.0. The summed E-state index contributed by atoms with van der Waals surface area (Å²) in [5, 5.41) is 43.3. The van der Waals surface area contributed by atoms with Crippen LogP contribution >= 0.6 is 57.6 Å². The number of benzene rings is 7. The Labute approximate surface area is 468 Å². The van der Waals surface area contributed by atoms with E-state index in [1.807, 2.05) is 91.9 Å². The highest BCUT2D eigenvalue weighted by Crippen LogP contribution is 2.40. The summed E-state index contributed by atoms with van der Waals surface area (Å²) < 4.78 is 19.3. The number of halogens is 3. The molecule has 23 heteroatoms. The summed E-state index contributed by atoms with van der Waals surface area (Å²) in [4.78, 5) is 51.5. The number of amides is 4. The molecule has 1 aliphatic rings. The van der Waals surface area contributed by atoms with Gasteiger partial charge in [0.2, 0.25) is 11.2 Å². The molecule has 1 aliphatic heterocycles. The second-order valence-corrected chi connectivity index (χ2v) is 20.1. The number of anilines is 2. The van der Waals surface area contributed by atoms with Crippen molar-refractivity contribution in [2.75, 3.05) is 24.0 Å². The number of nitrogens with two attached hydrogens (primary N) is 1. The number of nitrogens with zero attached hydrogens (tertiary/aromatic N) is 8. The highest BCUT2D eigenvalue weighted by molar-refractivity contribution is 14.1. The molecule has 1 aromatic heterocycles. The van der Waals surface area contributed by atoms with E-state index < -0.39 is 29.7 Å². The second kappa shape index (κ2) is 24.7. The molecule has 1 unspecified atom stereocenters. The first-order valence-electron chi connectivity index (χ1n) is 23.2. The van der Waals surface area contributed by atoms with Gasteiger partial charge in [-0.3, -0.25) is 19.2 Å². The summed E-state index contributed by atoms with van der Waals surface area (Å²) in [5.41, 5.74) is 10.6. The number of nitrogens with one attached hydrogen (secondary N) is 2. The molecule has 77 heavy (non-hydrogen) atoms. The number of carbonyl (C=O) groups excluding carboxylic acids is 4. The third kappa shape index (κ3) is 13.5. The van der Waals surface area contributed by atoms with Crippen LogP contribution in [0, 0.1) is 24.3 Å². The number of phenols is 1. The second-order valence-electron chi connectivity index (χ2n) is 17.1. The minimum Gasteiger partial charge on any atom is -0.506 e. The Morgan fingerprint density at radius 2 is 1.56 bits per heavy atom. The fraction of sp³-hybridized carbons (Fsp3) is 0.148. The molecule has 0 bridgehead atoms. The van der Waals surface area contributed by atoms with Gasteiger partial charge in [-0.15, -0.1) is 10.2 Å². The molecule has 0 saturated carbocycles. The van der Waals surface area contributed by atoms with E-state index in [1.165, 1.54) is 12.1 Å². The van der Waals surface area contributed by atoms with E-state index in [4.69, 9.17) is 43.1 Å². The van der Waals surface area contributed by atoms with Crippen molar-refractivity contribution in [3.8, 4) is 28.7 Å². The number of carbonyl (C=O) groups is 4. The Morgan fingerprint density at radius 1 is 0.844 bits per heavy atom. The van der Waals surface area contributed by atoms with Crippen LogP contribution in [0.5, 0.6) is 28.7 Å². The maximum Gasteiger partial charge on any atom is 0.282 e. The van der Waals surface area contributed by atoms with Crippen LogP contribution < -0.4 is 35.6 Å². The number of aromatic hydroxyl groups is 1. The maximum absolute atomic E-state index is 13.6. The standard InChI is InChI=1S/C33H27Cl2IN6O5.C21H19N5O3S/c1-18-7-12-27(19(2)13-18)47-17-28(43)37-23-6-4-5-20(14-23)32(44)38-31-29(40-39-22-8-10-24(46-3)11-9-22)33(45)42(41-31)30-25(34)15-21(36)16-26(30)35;1-12-9-13(11-30-21-23-24-25-26(21)2)7-8-17(12)29-18-10-16(20(22)28)19(27)15-6-4-3-5-14(15)18/h4-16,29H,17H2,1-3H3,(H,37,43)(H,38,41,44);3-10,27H,11H2,1-2H3,(H2,22,28). The molecule has 5 N–H and O–H groups in total. The van der Waals surface area contributed by atoms with Gasteiger partial charge in [0.25, 0.3) is 23.6 Å². The molecule has 0 fully saturated rings. The molecule has 392 valence electrons. The fourth-order valence-electron chi connectivity index (χ4n) is 7.67. The first-order valence-corrected chi connectivity index (χ1v) is 26.0. The summed E-state index contributed by atoms with van der Waals surface area (Å²) in [6, 6.07) is 35.1. The molecule has 7 aromatic carbocycles. The SMILES string of the molecule is COc1ccc(N=NC2C(=O)N(c3c(Cl)cc(I)cc3Cl)N=C2NC(=O)c2cccc(NC(=O)COc3ccc(C)cc3C)c2)cc1.Cc1cc(CSc2nnnn2C)ccc1Oc1cc(C(N)=O)c(O)c2ccccc12. The first-order chi connectivity index (χ1) is 37.0. The summed E-state index contributed by atoms with van der Waals surface area (Å²) in [6.45, 7) is 5.60. The van der Waals surface area contributed by atoms with E-state index in [2.05, 4.69) is 41.5 Å². The van der Waals surface area contributed by atoms with Gasteiger partial charge >= 0.3 is 0 Å². The quantitative estimate of drug-likeness (QED) is 0.0425. The van der Waals surface area contributed by atoms with Crippen molar-refractivity contribution in [1.82, 2.24) is 25.5 Å². The number of rotatable bonds is 15. The van der Waals surface area contributed by atoms with Gasteiger partial charge in [-0.25, -0.2) is 4.68 Å². The van der Waals surface area contributed by atoms with Gasteiger partial charge in [0, 0.05) is 38.4 Å². The Morgan fingerprint density at radius 3 is 2.23 bits per heavy atom. The number of tetrazole rings is 1. The van der Waals surface area contributed by atoms with Crippen LogP contribution in [-0.2, 0) is 22.4 Å². The van der Waals surface area contributed by atoms with Crippen LogP contribution in [-0.4, -0.2) is 74.5 Å². The van der Waals surface area contributed by atoms with Crippen LogP contribution in [0.2, 0.25) is 10.0 Å². The topological polar surface area (TPSA) is 250 Å². The van der Waals surface area contributed by atoms with Crippen molar-refractivity contribution in [2.24, 2.45) is 28.1 Å². The molecule has 4 amide bonds. The number of ether oxygens (including phenoxy) is 3. The number of primary amides is 1. The molecule has 19 nitrogen and oxygen atoms in total. The number of hydrogen-bond donors (Lipinski definition) is 4. The van der Waals surface area contributed by atoms with E-state index in [1.54, 1.807) is 97.3 Å². The molecular weight excluding hydrogens is 1160 g/mol. The number of azo groups is 1. The number of aromatic nitrogens is 4. The number of aryl methyl sites for hydroxylation is 4. The Kier molecular flexibility index (Phi) is 17.7. The van der Waals surface area contributed by atoms with Crippen molar-refractivity contribution in [3.63, 3.8) is 0 Å². The number of fused-ring (bicyclic) bond motifs is 1. The van der Waals surface area contributed by atoms with E-state index in [0.717, 1.165) is 36.0 Å². The highest BCUT2D eigenvalue weighted by Gasteiger charge is 2.40. The van der Waals surface area contributed by atoms with Crippen molar-refractivity contribution < 1.29 is 38.5 Å². The third-order valence-electron chi connectivity index (χ3n) is 11.5. The van der Waals surface area contributed by atoms with Crippen LogP contribution in [0.15, 0.2) is 148 Å². The number of amidine groups is 1. The zero-order valence-electron chi connectivity index (χ0n) is 41.6. The minimum atomic E-state index is -1.32. The largest absolute Gasteiger partial charge is 0.506 e. The first kappa shape index (κ1) is 55.1. The average Bonchev–Trinajstić information content (AvgIpc) is 3.97. The van der Waals surface area contributed by atoms with Gasteiger partial charge in [-0.05, 0) is 143 Å². The smallest absolute Gasteiger partial charge is 0.282 e. The molecule has 0 spiro atoms. The van der Waals surface area contributed by atoms with E-state index in [0.29, 0.717) is 50.9 Å². The molecule has 8 aromatic rings. The van der Waals surface area contributed by atoms with Gasteiger partial charge in [-0.2, -0.15) is 15.2 Å². The van der Waals surface area contributed by atoms with E-state index in [9.17, 15) is 24.3 Å². The predicted octanol–water partition coefficient (Wildman–Crippen LogP) is 11.0. The van der Waals surface area contributed by atoms with Gasteiger partial charge in [0.05, 0.1) is 28.4 Å². The van der Waals surface area contributed by atoms with Gasteiger partial charge in [0.1, 0.15) is 34.4 Å². The molecular formula is C54H46Cl2IN11O8S. The number of thioether (sulfide) groups is 1. The lowest BCUT2D eigenvalue weighted by molar-refractivity contribution is -0.118. The summed E-state index contributed by atoms with van der Waals surface area (Å²) in [7, 11) is 3.34. The minimum absolute atomic E-state index is 0.0201. The van der Waals surface area contributed by atoms with Gasteiger partial charge < -0.3 is 35.7 Å². The van der Waals surface area contributed by atoms with Crippen molar-refractivity contribution in [2.45, 2.75) is 37.7 Å². The molecule has 0 aliphatic carbocycles. The lowest BCUT2D eigenvalue weighted by Crippen LogP contribution is -2.39. The Balaban J connectivity index is 0.000000224. The Hall–Kier alpha value is -8.12. The average molecular weight is 1210 g/mol. The maximum atomic E-state index is 13.6. The Bertz CT molecular complexity index is 3610. The normalized spacial score (nSPS) is 13.0. The fourth-order valence-corrected chi connectivity index (χ4v) is 10.1. The molecule has 9 rings (SSSR count). The monoisotopic (exact) mass is 1210 g/mol. The van der Waals surface area contributed by atoms with Gasteiger partial charge in [-0.1, -0.05) is 95.1 Å². The van der Waals surface area contributed by atoms with Crippen LogP contribution in [0.3, 0.4) is 0 Å². The zero-order chi connectivity index (χ0) is 54.9. The number of hydrogen-bond acceptors (Lipinski definition) is 15. The zero-order valence-corrected chi connectivity index (χ0v) is 46.1. The van der Waals surface area contributed by atoms with Gasteiger partial charge in [0.15, 0.2) is 12.4 Å². The molecule has 2 heterocycles.